The molecule has 0 radical (unpaired) electrons. The van der Waals surface area contributed by atoms with Crippen LogP contribution < -0.4 is 4.74 Å². The third kappa shape index (κ3) is 4.83. The minimum atomic E-state index is -0.771. The lowest BCUT2D eigenvalue weighted by Gasteiger charge is -2.24. The summed E-state index contributed by atoms with van der Waals surface area (Å²) in [5, 5.41) is 17.2. The van der Waals surface area contributed by atoms with E-state index in [1.54, 1.807) is 17.9 Å². The fraction of sp³-hybridized carbons (Fsp3) is 0.550. The molecular formula is C20H23N5O4. The van der Waals surface area contributed by atoms with Gasteiger partial charge in [0.1, 0.15) is 24.5 Å². The lowest BCUT2D eigenvalue weighted by molar-refractivity contribution is -0.144. The molecule has 9 nitrogen and oxygen atoms in total. The molecular weight excluding hydrogens is 374 g/mol. The molecule has 0 unspecified atom stereocenters. The van der Waals surface area contributed by atoms with Gasteiger partial charge in [-0.15, -0.1) is 5.10 Å². The zero-order valence-electron chi connectivity index (χ0n) is 16.2. The minimum Gasteiger partial charge on any atom is -0.481 e. The molecule has 0 aromatic carbocycles. The quantitative estimate of drug-likeness (QED) is 0.737. The van der Waals surface area contributed by atoms with Crippen molar-refractivity contribution >= 4 is 5.97 Å². The smallest absolute Gasteiger partial charge is 0.316 e. The molecule has 1 N–H and O–H groups in total. The van der Waals surface area contributed by atoms with Gasteiger partial charge in [-0.2, -0.15) is 4.98 Å². The summed E-state index contributed by atoms with van der Waals surface area (Å²) in [6, 6.07) is 2.25. The van der Waals surface area contributed by atoms with Crippen molar-refractivity contribution in [1.82, 2.24) is 25.0 Å². The zero-order valence-corrected chi connectivity index (χ0v) is 16.2. The van der Waals surface area contributed by atoms with Gasteiger partial charge in [0.05, 0.1) is 11.6 Å². The summed E-state index contributed by atoms with van der Waals surface area (Å²) in [4.78, 5) is 19.8. The van der Waals surface area contributed by atoms with Crippen LogP contribution in [0.1, 0.15) is 61.5 Å². The maximum absolute atomic E-state index is 11.2. The van der Waals surface area contributed by atoms with Crippen molar-refractivity contribution in [3.63, 3.8) is 0 Å². The number of aliphatic carboxylic acids is 1. The highest BCUT2D eigenvalue weighted by Crippen LogP contribution is 2.39. The van der Waals surface area contributed by atoms with Crippen LogP contribution in [-0.4, -0.2) is 42.1 Å². The fourth-order valence-corrected chi connectivity index (χ4v) is 3.44. The molecule has 0 saturated heterocycles. The van der Waals surface area contributed by atoms with Crippen molar-refractivity contribution < 1.29 is 19.4 Å². The second kappa shape index (κ2) is 8.47. The molecule has 0 spiro atoms. The third-order valence-corrected chi connectivity index (χ3v) is 5.30. The van der Waals surface area contributed by atoms with Gasteiger partial charge in [-0.3, -0.25) is 4.79 Å². The molecule has 4 rings (SSSR count). The van der Waals surface area contributed by atoms with E-state index < -0.39 is 5.97 Å². The first-order valence-corrected chi connectivity index (χ1v) is 9.84. The summed E-state index contributed by atoms with van der Waals surface area (Å²) < 4.78 is 12.9. The monoisotopic (exact) mass is 397 g/mol. The van der Waals surface area contributed by atoms with Gasteiger partial charge in [-0.05, 0) is 44.6 Å². The van der Waals surface area contributed by atoms with Crippen LogP contribution in [0.3, 0.4) is 0 Å². The van der Waals surface area contributed by atoms with E-state index in [2.05, 4.69) is 32.3 Å². The lowest BCUT2D eigenvalue weighted by atomic mass is 9.87. The van der Waals surface area contributed by atoms with Crippen LogP contribution in [-0.2, 0) is 23.2 Å². The highest BCUT2D eigenvalue weighted by Gasteiger charge is 2.28. The second-order valence-corrected chi connectivity index (χ2v) is 7.50. The van der Waals surface area contributed by atoms with Crippen LogP contribution in [0.5, 0.6) is 6.01 Å². The zero-order chi connectivity index (χ0) is 20.2. The first-order chi connectivity index (χ1) is 14.1. The average molecular weight is 397 g/mol. The summed E-state index contributed by atoms with van der Waals surface area (Å²) in [5.74, 6) is 2.26. The van der Waals surface area contributed by atoms with Gasteiger partial charge in [0.25, 0.3) is 0 Å². The SMILES string of the molecule is Cn1nnc(C#CO[C@H]2CCC[C@H](C(=O)O)C2)c1COc1nccc(C2CC2)n1. The van der Waals surface area contributed by atoms with Crippen LogP contribution in [0.15, 0.2) is 12.3 Å². The number of carboxylic acids is 1. The number of hydrogen-bond donors (Lipinski definition) is 1. The molecule has 2 aliphatic carbocycles. The van der Waals surface area contributed by atoms with Gasteiger partial charge in [-0.1, -0.05) is 5.21 Å². The first-order valence-electron chi connectivity index (χ1n) is 9.84. The topological polar surface area (TPSA) is 112 Å². The summed E-state index contributed by atoms with van der Waals surface area (Å²) >= 11 is 0. The van der Waals surface area contributed by atoms with Gasteiger partial charge in [0.2, 0.25) is 0 Å². The Morgan fingerprint density at radius 3 is 3.00 bits per heavy atom. The number of carbonyl (C=O) groups is 1. The number of ether oxygens (including phenoxy) is 2. The Labute approximate surface area is 168 Å². The summed E-state index contributed by atoms with van der Waals surface area (Å²) in [6.45, 7) is 0.187. The standard InChI is InChI=1S/C20H23N5O4/c1-25-18(12-29-20-21-9-7-16(22-20)13-5-6-13)17(23-24-25)8-10-28-15-4-2-3-14(11-15)19(26)27/h7,9,13-15H,2-6,11-12H2,1H3,(H,26,27)/t14-,15-/m0/s1. The Morgan fingerprint density at radius 2 is 2.21 bits per heavy atom. The Kier molecular flexibility index (Phi) is 5.60. The summed E-state index contributed by atoms with van der Waals surface area (Å²) in [6.07, 6.45) is 9.34. The van der Waals surface area contributed by atoms with Crippen molar-refractivity contribution in [1.29, 1.82) is 0 Å². The first kappa shape index (κ1) is 19.2. The number of hydrogen-bond acceptors (Lipinski definition) is 7. The highest BCUT2D eigenvalue weighted by molar-refractivity contribution is 5.70. The Bertz CT molecular complexity index is 944. The van der Waals surface area contributed by atoms with E-state index in [0.29, 0.717) is 36.2 Å². The molecule has 2 atom stereocenters. The van der Waals surface area contributed by atoms with Crippen LogP contribution in [0.4, 0.5) is 0 Å². The van der Waals surface area contributed by atoms with Crippen molar-refractivity contribution in [3.8, 4) is 18.0 Å². The van der Waals surface area contributed by atoms with Gasteiger partial charge < -0.3 is 14.6 Å². The number of aromatic nitrogens is 5. The van der Waals surface area contributed by atoms with E-state index in [-0.39, 0.29) is 18.6 Å². The van der Waals surface area contributed by atoms with E-state index in [1.807, 2.05) is 6.07 Å². The largest absolute Gasteiger partial charge is 0.481 e. The normalized spacial score (nSPS) is 21.1. The maximum atomic E-state index is 11.2. The predicted molar refractivity (Wildman–Crippen MR) is 101 cm³/mol. The molecule has 152 valence electrons. The van der Waals surface area contributed by atoms with E-state index >= 15 is 0 Å². The number of nitrogens with zero attached hydrogens (tertiary/aromatic N) is 5. The molecule has 2 saturated carbocycles. The van der Waals surface area contributed by atoms with E-state index in [4.69, 9.17) is 14.6 Å². The number of rotatable bonds is 6. The van der Waals surface area contributed by atoms with Gasteiger partial charge in [0.15, 0.2) is 5.69 Å². The third-order valence-electron chi connectivity index (χ3n) is 5.30. The van der Waals surface area contributed by atoms with Crippen molar-refractivity contribution in [2.45, 2.75) is 57.2 Å². The number of carboxylic acid groups (broad SMARTS) is 1. The molecule has 0 aliphatic heterocycles. The Balaban J connectivity index is 1.37. The fourth-order valence-electron chi connectivity index (χ4n) is 3.44. The molecule has 2 aliphatic rings. The van der Waals surface area contributed by atoms with Crippen LogP contribution in [0.25, 0.3) is 0 Å². The maximum Gasteiger partial charge on any atom is 0.316 e. The van der Waals surface area contributed by atoms with Gasteiger partial charge in [-0.25, -0.2) is 9.67 Å². The van der Waals surface area contributed by atoms with Crippen molar-refractivity contribution in [2.24, 2.45) is 13.0 Å². The molecule has 2 aromatic heterocycles. The lowest BCUT2D eigenvalue weighted by Crippen LogP contribution is -2.26. The molecule has 0 amide bonds. The van der Waals surface area contributed by atoms with Gasteiger partial charge >= 0.3 is 12.0 Å². The van der Waals surface area contributed by atoms with Crippen LogP contribution in [0.2, 0.25) is 0 Å². The molecule has 0 bridgehead atoms. The van der Waals surface area contributed by atoms with Crippen molar-refractivity contribution in [2.75, 3.05) is 0 Å². The minimum absolute atomic E-state index is 0.174. The Morgan fingerprint density at radius 1 is 1.34 bits per heavy atom. The van der Waals surface area contributed by atoms with E-state index in [0.717, 1.165) is 31.4 Å². The van der Waals surface area contributed by atoms with Gasteiger partial charge in [0, 0.05) is 25.1 Å². The predicted octanol–water partition coefficient (Wildman–Crippen LogP) is 2.03. The molecule has 9 heteroatoms. The van der Waals surface area contributed by atoms with Crippen LogP contribution in [0, 0.1) is 17.9 Å². The second-order valence-electron chi connectivity index (χ2n) is 7.50. The van der Waals surface area contributed by atoms with Crippen molar-refractivity contribution in [3.05, 3.63) is 29.3 Å². The van der Waals surface area contributed by atoms with E-state index in [9.17, 15) is 4.79 Å². The average Bonchev–Trinajstić information content (AvgIpc) is 3.52. The van der Waals surface area contributed by atoms with E-state index in [1.165, 1.54) is 0 Å². The summed E-state index contributed by atoms with van der Waals surface area (Å²) in [7, 11) is 1.76. The molecule has 2 aromatic rings. The molecule has 2 heterocycles. The highest BCUT2D eigenvalue weighted by atomic mass is 16.5. The van der Waals surface area contributed by atoms with Crippen LogP contribution >= 0.6 is 0 Å². The Hall–Kier alpha value is -3.15. The number of aryl methyl sites for hydroxylation is 1. The summed E-state index contributed by atoms with van der Waals surface area (Å²) in [5.41, 5.74) is 2.16. The molecule has 29 heavy (non-hydrogen) atoms. The molecule has 2 fully saturated rings.